The van der Waals surface area contributed by atoms with E-state index in [9.17, 15) is 14.7 Å². The molecular weight excluding hydrogens is 356 g/mol. The quantitative estimate of drug-likeness (QED) is 0.852. The first-order valence-electron chi connectivity index (χ1n) is 8.12. The van der Waals surface area contributed by atoms with Crippen molar-refractivity contribution in [3.8, 4) is 0 Å². The van der Waals surface area contributed by atoms with E-state index >= 15 is 0 Å². The lowest BCUT2D eigenvalue weighted by molar-refractivity contribution is -0.128. The number of amides is 2. The van der Waals surface area contributed by atoms with Gasteiger partial charge in [0.05, 0.1) is 11.1 Å². The van der Waals surface area contributed by atoms with Crippen LogP contribution in [0.15, 0.2) is 48.5 Å². The average Bonchev–Trinajstić information content (AvgIpc) is 2.85. The zero-order valence-electron chi connectivity index (χ0n) is 14.4. The molecule has 1 atom stereocenters. The zero-order valence-corrected chi connectivity index (χ0v) is 15.2. The van der Waals surface area contributed by atoms with Gasteiger partial charge < -0.3 is 5.11 Å². The molecule has 1 fully saturated rings. The van der Waals surface area contributed by atoms with Crippen LogP contribution in [0.25, 0.3) is 0 Å². The molecule has 1 unspecified atom stereocenters. The van der Waals surface area contributed by atoms with Crippen LogP contribution in [0, 0.1) is 5.41 Å². The van der Waals surface area contributed by atoms with E-state index in [1.165, 1.54) is 0 Å². The third kappa shape index (κ3) is 3.25. The van der Waals surface area contributed by atoms with Gasteiger partial charge in [0.2, 0.25) is 0 Å². The topological polar surface area (TPSA) is 78.9 Å². The van der Waals surface area contributed by atoms with E-state index in [1.807, 2.05) is 30.3 Å². The van der Waals surface area contributed by atoms with Crippen molar-refractivity contribution < 1.29 is 19.5 Å². The van der Waals surface area contributed by atoms with Crippen molar-refractivity contribution in [3.05, 3.63) is 64.7 Å². The Bertz CT molecular complexity index is 853. The highest BCUT2D eigenvalue weighted by Gasteiger charge is 2.50. The van der Waals surface area contributed by atoms with E-state index in [0.29, 0.717) is 17.1 Å². The van der Waals surface area contributed by atoms with Gasteiger partial charge in [-0.2, -0.15) is 0 Å². The second-order valence-electron chi connectivity index (χ2n) is 6.67. The van der Waals surface area contributed by atoms with Crippen LogP contribution >= 0.6 is 11.6 Å². The van der Waals surface area contributed by atoms with Crippen LogP contribution in [-0.4, -0.2) is 23.3 Å². The number of carbonyl (C=O) groups excluding carboxylic acids is 1. The largest absolute Gasteiger partial charge is 0.465 e. The molecule has 1 heterocycles. The van der Waals surface area contributed by atoms with Gasteiger partial charge in [0.1, 0.15) is 0 Å². The minimum Gasteiger partial charge on any atom is -0.465 e. The van der Waals surface area contributed by atoms with Gasteiger partial charge >= 0.3 is 6.09 Å². The molecule has 2 aromatic carbocycles. The summed E-state index contributed by atoms with van der Waals surface area (Å²) in [5.74, 6) is -0.364. The van der Waals surface area contributed by atoms with Crippen LogP contribution < -0.4 is 10.4 Å². The lowest BCUT2D eigenvalue weighted by Gasteiger charge is -2.32. The van der Waals surface area contributed by atoms with E-state index in [0.717, 1.165) is 16.0 Å². The molecule has 6 nitrogen and oxygen atoms in total. The average molecular weight is 375 g/mol. The van der Waals surface area contributed by atoms with Crippen LogP contribution in [0.1, 0.15) is 25.0 Å². The number of hydrogen-bond acceptors (Lipinski definition) is 3. The van der Waals surface area contributed by atoms with Crippen molar-refractivity contribution in [2.75, 3.05) is 4.90 Å². The Balaban J connectivity index is 2.03. The van der Waals surface area contributed by atoms with Crippen molar-refractivity contribution in [1.82, 2.24) is 5.48 Å². The third-order valence-corrected chi connectivity index (χ3v) is 4.87. The van der Waals surface area contributed by atoms with Gasteiger partial charge in [0, 0.05) is 11.4 Å². The number of rotatable bonds is 4. The van der Waals surface area contributed by atoms with Gasteiger partial charge in [-0.25, -0.2) is 20.0 Å². The van der Waals surface area contributed by atoms with Crippen molar-refractivity contribution in [3.63, 3.8) is 0 Å². The molecule has 3 rings (SSSR count). The number of anilines is 1. The highest BCUT2D eigenvalue weighted by atomic mass is 35.5. The van der Waals surface area contributed by atoms with Gasteiger partial charge in [0.15, 0.2) is 6.23 Å². The lowest BCUT2D eigenvalue weighted by atomic mass is 9.90. The lowest BCUT2D eigenvalue weighted by Crippen LogP contribution is -2.48. The van der Waals surface area contributed by atoms with E-state index in [1.54, 1.807) is 32.0 Å². The summed E-state index contributed by atoms with van der Waals surface area (Å²) in [5.41, 5.74) is 3.35. The smallest absolute Gasteiger partial charge is 0.414 e. The van der Waals surface area contributed by atoms with Crippen LogP contribution in [0.3, 0.4) is 0 Å². The van der Waals surface area contributed by atoms with E-state index < -0.39 is 17.7 Å². The Morgan fingerprint density at radius 2 is 1.81 bits per heavy atom. The number of hydroxylamine groups is 1. The second-order valence-corrected chi connectivity index (χ2v) is 7.08. The maximum absolute atomic E-state index is 12.0. The molecular formula is C19H19ClN2O4. The van der Waals surface area contributed by atoms with Gasteiger partial charge in [-0.3, -0.25) is 4.79 Å². The van der Waals surface area contributed by atoms with Crippen molar-refractivity contribution in [2.24, 2.45) is 5.41 Å². The first-order valence-corrected chi connectivity index (χ1v) is 8.49. The number of benzene rings is 2. The monoisotopic (exact) mass is 374 g/mol. The number of halogens is 1. The van der Waals surface area contributed by atoms with Crippen LogP contribution in [-0.2, 0) is 16.1 Å². The van der Waals surface area contributed by atoms with Gasteiger partial charge in [-0.1, -0.05) is 48.0 Å². The molecule has 136 valence electrons. The molecule has 26 heavy (non-hydrogen) atoms. The number of para-hydroxylation sites is 1. The maximum atomic E-state index is 12.0. The molecule has 1 aliphatic rings. The molecule has 7 heteroatoms. The normalized spacial score (nSPS) is 18.4. The molecule has 1 aliphatic heterocycles. The van der Waals surface area contributed by atoms with Crippen molar-refractivity contribution >= 4 is 29.3 Å². The maximum Gasteiger partial charge on any atom is 0.414 e. The molecule has 0 bridgehead atoms. The highest BCUT2D eigenvalue weighted by Crippen LogP contribution is 2.36. The SMILES string of the molecule is CC1(C)C(=O)NOC1N(C(=O)O)c1ccccc1Cc1ccccc1Cl. The minimum absolute atomic E-state index is 0.364. The molecule has 0 saturated carbocycles. The summed E-state index contributed by atoms with van der Waals surface area (Å²) in [6.45, 7) is 3.29. The first kappa shape index (κ1) is 18.2. The predicted molar refractivity (Wildman–Crippen MR) is 98.0 cm³/mol. The fourth-order valence-corrected chi connectivity index (χ4v) is 3.15. The Morgan fingerprint density at radius 3 is 2.38 bits per heavy atom. The molecule has 0 radical (unpaired) electrons. The minimum atomic E-state index is -1.20. The molecule has 1 saturated heterocycles. The summed E-state index contributed by atoms with van der Waals surface area (Å²) >= 11 is 6.25. The number of nitrogens with one attached hydrogen (secondary N) is 1. The molecule has 2 N–H and O–H groups in total. The van der Waals surface area contributed by atoms with Crippen LogP contribution in [0.2, 0.25) is 5.02 Å². The first-order chi connectivity index (χ1) is 12.3. The number of hydrogen-bond donors (Lipinski definition) is 2. The number of nitrogens with zero attached hydrogens (tertiary/aromatic N) is 1. The summed E-state index contributed by atoms with van der Waals surface area (Å²) in [6, 6.07) is 14.5. The summed E-state index contributed by atoms with van der Waals surface area (Å²) in [7, 11) is 0. The Morgan fingerprint density at radius 1 is 1.19 bits per heavy atom. The van der Waals surface area contributed by atoms with Crippen molar-refractivity contribution in [1.29, 1.82) is 0 Å². The predicted octanol–water partition coefficient (Wildman–Crippen LogP) is 3.83. The van der Waals surface area contributed by atoms with Crippen LogP contribution in [0.4, 0.5) is 10.5 Å². The second kappa shape index (κ2) is 6.97. The van der Waals surface area contributed by atoms with E-state index in [-0.39, 0.29) is 5.91 Å². The van der Waals surface area contributed by atoms with Crippen molar-refractivity contribution in [2.45, 2.75) is 26.5 Å². The van der Waals surface area contributed by atoms with Crippen LogP contribution in [0.5, 0.6) is 0 Å². The number of carbonyl (C=O) groups is 2. The molecule has 0 aliphatic carbocycles. The Hall–Kier alpha value is -2.57. The summed E-state index contributed by atoms with van der Waals surface area (Å²) in [4.78, 5) is 30.4. The molecule has 2 amide bonds. The standard InChI is InChI=1S/C19H19ClN2O4/c1-19(2)16(23)21-26-17(19)22(18(24)25)15-10-6-4-8-13(15)11-12-7-3-5-9-14(12)20/h3-10,17H,11H2,1-2H3,(H,21,23)(H,24,25). The summed E-state index contributed by atoms with van der Waals surface area (Å²) in [6.07, 6.45) is -1.74. The summed E-state index contributed by atoms with van der Waals surface area (Å²) < 4.78 is 0. The van der Waals surface area contributed by atoms with Gasteiger partial charge in [0.25, 0.3) is 5.91 Å². The summed E-state index contributed by atoms with van der Waals surface area (Å²) in [5, 5.41) is 10.4. The molecule has 0 spiro atoms. The number of carboxylic acid groups (broad SMARTS) is 1. The zero-order chi connectivity index (χ0) is 18.9. The highest BCUT2D eigenvalue weighted by molar-refractivity contribution is 6.31. The fourth-order valence-electron chi connectivity index (χ4n) is 2.95. The van der Waals surface area contributed by atoms with E-state index in [2.05, 4.69) is 5.48 Å². The molecule has 0 aromatic heterocycles. The van der Waals surface area contributed by atoms with Gasteiger partial charge in [-0.05, 0) is 37.1 Å². The molecule has 2 aromatic rings. The Kier molecular flexibility index (Phi) is 4.89. The van der Waals surface area contributed by atoms with Gasteiger partial charge in [-0.15, -0.1) is 0 Å². The van der Waals surface area contributed by atoms with E-state index in [4.69, 9.17) is 16.4 Å². The third-order valence-electron chi connectivity index (χ3n) is 4.50. The Labute approximate surface area is 156 Å². The fraction of sp³-hybridized carbons (Fsp3) is 0.263.